The topological polar surface area (TPSA) is 90.9 Å². The van der Waals surface area contributed by atoms with Gasteiger partial charge in [0.25, 0.3) is 0 Å². The van der Waals surface area contributed by atoms with Crippen LogP contribution in [0.4, 0.5) is 4.39 Å². The molecule has 6 nitrogen and oxygen atoms in total. The van der Waals surface area contributed by atoms with Crippen molar-refractivity contribution in [1.82, 2.24) is 20.5 Å². The van der Waals surface area contributed by atoms with Crippen LogP contribution in [-0.4, -0.2) is 38.8 Å². The van der Waals surface area contributed by atoms with Gasteiger partial charge in [-0.2, -0.15) is 5.10 Å². The number of aromatic amines is 1. The number of aliphatic hydroxyl groups is 1. The van der Waals surface area contributed by atoms with Crippen molar-refractivity contribution in [3.63, 3.8) is 0 Å². The zero-order chi connectivity index (χ0) is 17.1. The Hall–Kier alpha value is -1.99. The van der Waals surface area contributed by atoms with E-state index in [4.69, 9.17) is 11.6 Å². The molecule has 24 heavy (non-hydrogen) atoms. The maximum Gasteiger partial charge on any atom is 0.224 e. The molecular formula is C16H18ClFN4O2. The fourth-order valence-electron chi connectivity index (χ4n) is 3.12. The lowest BCUT2D eigenvalue weighted by Gasteiger charge is -2.15. The summed E-state index contributed by atoms with van der Waals surface area (Å²) in [4.78, 5) is 16.1. The minimum absolute atomic E-state index is 0.00131. The molecule has 1 heterocycles. The number of amides is 1. The molecule has 1 saturated carbocycles. The predicted octanol–water partition coefficient (Wildman–Crippen LogP) is 1.81. The fraction of sp³-hybridized carbons (Fsp3) is 0.438. The Morgan fingerprint density at radius 1 is 1.46 bits per heavy atom. The van der Waals surface area contributed by atoms with Gasteiger partial charge in [0.1, 0.15) is 18.0 Å². The number of halogens is 2. The predicted molar refractivity (Wildman–Crippen MR) is 86.0 cm³/mol. The number of hydrogen-bond acceptors (Lipinski definition) is 4. The van der Waals surface area contributed by atoms with Crippen molar-refractivity contribution in [1.29, 1.82) is 0 Å². The van der Waals surface area contributed by atoms with E-state index >= 15 is 0 Å². The summed E-state index contributed by atoms with van der Waals surface area (Å²) in [7, 11) is 0. The number of nitrogens with zero attached hydrogens (tertiary/aromatic N) is 2. The summed E-state index contributed by atoms with van der Waals surface area (Å²) in [5, 5.41) is 19.5. The Balaban J connectivity index is 1.52. The van der Waals surface area contributed by atoms with Gasteiger partial charge in [0.15, 0.2) is 0 Å². The van der Waals surface area contributed by atoms with Crippen LogP contribution >= 0.6 is 11.6 Å². The highest BCUT2D eigenvalue weighted by atomic mass is 35.5. The first-order chi connectivity index (χ1) is 11.5. The molecule has 0 radical (unpaired) electrons. The monoisotopic (exact) mass is 352 g/mol. The number of nitrogens with one attached hydrogen (secondary N) is 2. The molecule has 1 aliphatic rings. The first-order valence-electron chi connectivity index (χ1n) is 7.77. The molecule has 1 amide bonds. The van der Waals surface area contributed by atoms with E-state index in [0.717, 1.165) is 5.82 Å². The molecule has 3 N–H and O–H groups in total. The SMILES string of the molecule is O=C(Cc1cccc(Cl)c1F)NC[C@H]1CC(c2ncn[nH]2)C[C@H]1O. The molecule has 0 saturated heterocycles. The van der Waals surface area contributed by atoms with Gasteiger partial charge >= 0.3 is 0 Å². The zero-order valence-electron chi connectivity index (χ0n) is 12.9. The Morgan fingerprint density at radius 3 is 3.04 bits per heavy atom. The lowest BCUT2D eigenvalue weighted by Crippen LogP contribution is -2.33. The van der Waals surface area contributed by atoms with E-state index in [0.29, 0.717) is 19.4 Å². The highest BCUT2D eigenvalue weighted by molar-refractivity contribution is 6.30. The van der Waals surface area contributed by atoms with Gasteiger partial charge in [0, 0.05) is 18.4 Å². The molecule has 8 heteroatoms. The van der Waals surface area contributed by atoms with Gasteiger partial charge in [0.2, 0.25) is 5.91 Å². The van der Waals surface area contributed by atoms with Crippen LogP contribution in [0, 0.1) is 11.7 Å². The smallest absolute Gasteiger partial charge is 0.224 e. The number of hydrogen-bond donors (Lipinski definition) is 3. The Labute approximate surface area is 143 Å². The molecule has 3 atom stereocenters. The Morgan fingerprint density at radius 2 is 2.29 bits per heavy atom. The number of H-pyrrole nitrogens is 1. The minimum Gasteiger partial charge on any atom is -0.393 e. The molecule has 0 spiro atoms. The fourth-order valence-corrected chi connectivity index (χ4v) is 3.32. The number of carbonyl (C=O) groups excluding carboxylic acids is 1. The quantitative estimate of drug-likeness (QED) is 0.765. The second-order valence-corrected chi connectivity index (χ2v) is 6.47. The minimum atomic E-state index is -0.569. The van der Waals surface area contributed by atoms with E-state index in [9.17, 15) is 14.3 Å². The zero-order valence-corrected chi connectivity index (χ0v) is 13.6. The number of carbonyl (C=O) groups is 1. The molecule has 2 aromatic rings. The second-order valence-electron chi connectivity index (χ2n) is 6.06. The third-order valence-electron chi connectivity index (χ3n) is 4.42. The number of aromatic nitrogens is 3. The van der Waals surface area contributed by atoms with Gasteiger partial charge in [-0.15, -0.1) is 0 Å². The highest BCUT2D eigenvalue weighted by Crippen LogP contribution is 2.36. The lowest BCUT2D eigenvalue weighted by atomic mass is 10.0. The summed E-state index contributed by atoms with van der Waals surface area (Å²) < 4.78 is 13.8. The molecule has 1 unspecified atom stereocenters. The first-order valence-corrected chi connectivity index (χ1v) is 8.15. The third-order valence-corrected chi connectivity index (χ3v) is 4.71. The molecule has 0 bridgehead atoms. The van der Waals surface area contributed by atoms with Crippen molar-refractivity contribution >= 4 is 17.5 Å². The average Bonchev–Trinajstić information content (AvgIpc) is 3.19. The molecular weight excluding hydrogens is 335 g/mol. The van der Waals surface area contributed by atoms with Crippen LogP contribution < -0.4 is 5.32 Å². The van der Waals surface area contributed by atoms with Crippen LogP contribution in [0.1, 0.15) is 30.1 Å². The standard InChI is InChI=1S/C16H18ClFN4O2/c17-12-3-1-2-9(15(12)18)6-14(24)19-7-11-4-10(5-13(11)23)16-20-8-21-22-16/h1-3,8,10-11,13,23H,4-7H2,(H,19,24)(H,20,21,22)/t10?,11-,13-/m1/s1. The summed E-state index contributed by atoms with van der Waals surface area (Å²) in [6.45, 7) is 0.340. The van der Waals surface area contributed by atoms with Crippen LogP contribution in [0.15, 0.2) is 24.5 Å². The highest BCUT2D eigenvalue weighted by Gasteiger charge is 2.35. The third kappa shape index (κ3) is 3.73. The van der Waals surface area contributed by atoms with Crippen LogP contribution in [0.3, 0.4) is 0 Å². The molecule has 128 valence electrons. The van der Waals surface area contributed by atoms with Gasteiger partial charge < -0.3 is 10.4 Å². The summed E-state index contributed by atoms with van der Waals surface area (Å²) in [6, 6.07) is 4.58. The summed E-state index contributed by atoms with van der Waals surface area (Å²) in [5.74, 6) is -0.0704. The van der Waals surface area contributed by atoms with Crippen LogP contribution in [0.25, 0.3) is 0 Å². The maximum atomic E-state index is 13.8. The lowest BCUT2D eigenvalue weighted by molar-refractivity contribution is -0.120. The van der Waals surface area contributed by atoms with Gasteiger partial charge in [-0.25, -0.2) is 9.37 Å². The van der Waals surface area contributed by atoms with E-state index in [2.05, 4.69) is 20.5 Å². The van der Waals surface area contributed by atoms with Gasteiger partial charge in [0.05, 0.1) is 17.5 Å². The van der Waals surface area contributed by atoms with Crippen molar-refractivity contribution in [2.24, 2.45) is 5.92 Å². The van der Waals surface area contributed by atoms with Crippen molar-refractivity contribution < 1.29 is 14.3 Å². The van der Waals surface area contributed by atoms with E-state index in [1.54, 1.807) is 6.07 Å². The van der Waals surface area contributed by atoms with E-state index in [1.165, 1.54) is 18.5 Å². The normalized spacial score (nSPS) is 23.4. The van der Waals surface area contributed by atoms with Gasteiger partial charge in [-0.1, -0.05) is 23.7 Å². The molecule has 1 fully saturated rings. The van der Waals surface area contributed by atoms with Crippen molar-refractivity contribution in [3.8, 4) is 0 Å². The van der Waals surface area contributed by atoms with Crippen LogP contribution in [0.5, 0.6) is 0 Å². The Kier molecular flexibility index (Phi) is 5.11. The van der Waals surface area contributed by atoms with Crippen LogP contribution in [0.2, 0.25) is 5.02 Å². The average molecular weight is 353 g/mol. The number of benzene rings is 1. The molecule has 1 aliphatic carbocycles. The van der Waals surface area contributed by atoms with Gasteiger partial charge in [-0.05, 0) is 24.5 Å². The maximum absolute atomic E-state index is 13.8. The first kappa shape index (κ1) is 16.9. The van der Waals surface area contributed by atoms with Crippen molar-refractivity contribution in [3.05, 3.63) is 46.8 Å². The van der Waals surface area contributed by atoms with E-state index in [-0.39, 0.29) is 34.7 Å². The van der Waals surface area contributed by atoms with E-state index < -0.39 is 11.9 Å². The number of rotatable bonds is 5. The largest absolute Gasteiger partial charge is 0.393 e. The Bertz CT molecular complexity index is 710. The second kappa shape index (κ2) is 7.27. The van der Waals surface area contributed by atoms with Gasteiger partial charge in [-0.3, -0.25) is 9.89 Å². The summed E-state index contributed by atoms with van der Waals surface area (Å²) >= 11 is 5.71. The molecule has 1 aromatic carbocycles. The van der Waals surface area contributed by atoms with Crippen molar-refractivity contribution in [2.45, 2.75) is 31.3 Å². The number of aliphatic hydroxyl groups excluding tert-OH is 1. The summed E-state index contributed by atoms with van der Waals surface area (Å²) in [5.41, 5.74) is 0.256. The van der Waals surface area contributed by atoms with E-state index in [1.807, 2.05) is 0 Å². The molecule has 1 aromatic heterocycles. The summed E-state index contributed by atoms with van der Waals surface area (Å²) in [6.07, 6.45) is 2.14. The van der Waals surface area contributed by atoms with Crippen molar-refractivity contribution in [2.75, 3.05) is 6.54 Å². The molecule has 3 rings (SSSR count). The molecule has 0 aliphatic heterocycles. The van der Waals surface area contributed by atoms with Crippen LogP contribution in [-0.2, 0) is 11.2 Å².